The molecule has 0 fully saturated rings. The monoisotopic (exact) mass is 386 g/mol. The molecule has 1 aromatic carbocycles. The number of imidazole rings is 1. The fourth-order valence-corrected chi connectivity index (χ4v) is 3.16. The van der Waals surface area contributed by atoms with Crippen LogP contribution in [0.25, 0.3) is 10.9 Å². The number of hydrogen-bond acceptors (Lipinski definition) is 5. The lowest BCUT2D eigenvalue weighted by atomic mass is 10.2. The molecule has 4 aromatic rings. The number of pyridine rings is 2. The fraction of sp³-hybridized carbons (Fsp3) is 0.182. The highest BCUT2D eigenvalue weighted by Gasteiger charge is 2.14. The van der Waals surface area contributed by atoms with Crippen molar-refractivity contribution in [2.75, 3.05) is 19.0 Å². The predicted molar refractivity (Wildman–Crippen MR) is 112 cm³/mol. The number of aromatic amines is 1. The van der Waals surface area contributed by atoms with Crippen molar-refractivity contribution in [3.8, 4) is 0 Å². The van der Waals surface area contributed by atoms with E-state index in [0.29, 0.717) is 18.7 Å². The number of hydrogen-bond donors (Lipinski definition) is 1. The lowest BCUT2D eigenvalue weighted by molar-refractivity contribution is 0.0783. The molecule has 0 aliphatic carbocycles. The largest absolute Gasteiger partial charge is 0.352 e. The van der Waals surface area contributed by atoms with Gasteiger partial charge >= 0.3 is 0 Å². The van der Waals surface area contributed by atoms with Gasteiger partial charge in [0.05, 0.1) is 29.9 Å². The van der Waals surface area contributed by atoms with Gasteiger partial charge in [-0.2, -0.15) is 0 Å². The normalized spacial score (nSPS) is 10.8. The summed E-state index contributed by atoms with van der Waals surface area (Å²) in [4.78, 5) is 32.8. The lowest BCUT2D eigenvalue weighted by Crippen LogP contribution is -2.27. The third kappa shape index (κ3) is 4.24. The summed E-state index contributed by atoms with van der Waals surface area (Å²) in [6, 6.07) is 15.6. The van der Waals surface area contributed by atoms with Gasteiger partial charge in [0.1, 0.15) is 11.6 Å². The molecule has 3 aromatic heterocycles. The van der Waals surface area contributed by atoms with Crippen LogP contribution in [-0.2, 0) is 13.1 Å². The van der Waals surface area contributed by atoms with Crippen molar-refractivity contribution in [1.29, 1.82) is 0 Å². The van der Waals surface area contributed by atoms with Gasteiger partial charge < -0.3 is 14.8 Å². The molecule has 29 heavy (non-hydrogen) atoms. The molecule has 0 atom stereocenters. The molecule has 7 heteroatoms. The molecule has 0 aliphatic heterocycles. The van der Waals surface area contributed by atoms with Crippen LogP contribution in [-0.4, -0.2) is 44.8 Å². The van der Waals surface area contributed by atoms with Crippen molar-refractivity contribution in [3.63, 3.8) is 0 Å². The van der Waals surface area contributed by atoms with Crippen LogP contribution in [0.2, 0.25) is 0 Å². The second kappa shape index (κ2) is 8.10. The molecule has 7 nitrogen and oxygen atoms in total. The highest BCUT2D eigenvalue weighted by atomic mass is 16.2. The number of nitrogens with one attached hydrogen (secondary N) is 1. The van der Waals surface area contributed by atoms with Crippen molar-refractivity contribution < 1.29 is 4.79 Å². The third-order valence-electron chi connectivity index (χ3n) is 4.73. The Morgan fingerprint density at radius 3 is 2.62 bits per heavy atom. The van der Waals surface area contributed by atoms with E-state index < -0.39 is 0 Å². The van der Waals surface area contributed by atoms with Crippen LogP contribution in [0.15, 0.2) is 67.1 Å². The van der Waals surface area contributed by atoms with E-state index in [1.54, 1.807) is 36.6 Å². The number of amides is 1. The number of para-hydroxylation sites is 1. The van der Waals surface area contributed by atoms with Gasteiger partial charge in [0.15, 0.2) is 0 Å². The Bertz CT molecular complexity index is 1110. The third-order valence-corrected chi connectivity index (χ3v) is 4.73. The van der Waals surface area contributed by atoms with Gasteiger partial charge in [-0.05, 0) is 24.3 Å². The SMILES string of the molecule is CN(Cc1ccc2ccccc2n1)C(=O)c1ccc(N(C)Cc2ncc[nH]2)nc1. The maximum absolute atomic E-state index is 12.8. The van der Waals surface area contributed by atoms with Gasteiger partial charge in [-0.25, -0.2) is 9.97 Å². The highest BCUT2D eigenvalue weighted by Crippen LogP contribution is 2.15. The minimum absolute atomic E-state index is 0.0901. The number of rotatable bonds is 6. The average molecular weight is 386 g/mol. The molecule has 146 valence electrons. The zero-order valence-electron chi connectivity index (χ0n) is 16.4. The van der Waals surface area contributed by atoms with Gasteiger partial charge in [0, 0.05) is 38.1 Å². The van der Waals surface area contributed by atoms with Crippen LogP contribution in [0.4, 0.5) is 5.82 Å². The standard InChI is InChI=1S/C22H22N6O/c1-27(15-20-23-11-12-24-20)21-10-8-17(13-25-21)22(29)28(2)14-18-9-7-16-5-3-4-6-19(16)26-18/h3-13H,14-15H2,1-2H3,(H,23,24). The van der Waals surface area contributed by atoms with Gasteiger partial charge in [0.25, 0.3) is 5.91 Å². The van der Waals surface area contributed by atoms with E-state index in [0.717, 1.165) is 28.2 Å². The van der Waals surface area contributed by atoms with Crippen LogP contribution in [0.1, 0.15) is 21.9 Å². The summed E-state index contributed by atoms with van der Waals surface area (Å²) in [5, 5.41) is 1.09. The molecule has 1 N–H and O–H groups in total. The molecule has 3 heterocycles. The first-order valence-corrected chi connectivity index (χ1v) is 9.36. The molecule has 0 saturated heterocycles. The minimum Gasteiger partial charge on any atom is -0.352 e. The average Bonchev–Trinajstić information content (AvgIpc) is 3.26. The maximum Gasteiger partial charge on any atom is 0.255 e. The van der Waals surface area contributed by atoms with E-state index >= 15 is 0 Å². The number of benzene rings is 1. The first kappa shape index (κ1) is 18.6. The van der Waals surface area contributed by atoms with E-state index in [1.165, 1.54) is 0 Å². The van der Waals surface area contributed by atoms with Crippen molar-refractivity contribution in [3.05, 3.63) is 84.2 Å². The predicted octanol–water partition coefficient (Wildman–Crippen LogP) is 3.26. The number of anilines is 1. The molecule has 1 amide bonds. The molecule has 0 aliphatic rings. The van der Waals surface area contributed by atoms with Gasteiger partial charge in [0.2, 0.25) is 0 Å². The van der Waals surface area contributed by atoms with E-state index in [1.807, 2.05) is 54.4 Å². The van der Waals surface area contributed by atoms with E-state index in [4.69, 9.17) is 0 Å². The smallest absolute Gasteiger partial charge is 0.255 e. The summed E-state index contributed by atoms with van der Waals surface area (Å²) >= 11 is 0. The zero-order chi connectivity index (χ0) is 20.2. The molecule has 0 saturated carbocycles. The molecule has 4 rings (SSSR count). The molecule has 0 spiro atoms. The van der Waals surface area contributed by atoms with Crippen molar-refractivity contribution >= 4 is 22.6 Å². The summed E-state index contributed by atoms with van der Waals surface area (Å²) in [6.07, 6.45) is 5.12. The molecular weight excluding hydrogens is 364 g/mol. The zero-order valence-corrected chi connectivity index (χ0v) is 16.4. The van der Waals surface area contributed by atoms with E-state index in [-0.39, 0.29) is 5.91 Å². The number of carbonyl (C=O) groups is 1. The number of carbonyl (C=O) groups excluding carboxylic acids is 1. The fourth-order valence-electron chi connectivity index (χ4n) is 3.16. The Kier molecular flexibility index (Phi) is 5.20. The summed E-state index contributed by atoms with van der Waals surface area (Å²) in [5.74, 6) is 1.54. The maximum atomic E-state index is 12.8. The molecule has 0 bridgehead atoms. The Morgan fingerprint density at radius 2 is 1.86 bits per heavy atom. The van der Waals surface area contributed by atoms with E-state index in [9.17, 15) is 4.79 Å². The first-order valence-electron chi connectivity index (χ1n) is 9.36. The summed E-state index contributed by atoms with van der Waals surface area (Å²) in [6.45, 7) is 1.05. The lowest BCUT2D eigenvalue weighted by Gasteiger charge is -2.19. The highest BCUT2D eigenvalue weighted by molar-refractivity contribution is 5.94. The topological polar surface area (TPSA) is 78.0 Å². The number of H-pyrrole nitrogens is 1. The Morgan fingerprint density at radius 1 is 1.00 bits per heavy atom. The molecular formula is C22H22N6O. The van der Waals surface area contributed by atoms with Gasteiger partial charge in [-0.3, -0.25) is 9.78 Å². The molecule has 0 radical (unpaired) electrons. The van der Waals surface area contributed by atoms with Crippen molar-refractivity contribution in [2.45, 2.75) is 13.1 Å². The summed E-state index contributed by atoms with van der Waals surface area (Å²) < 4.78 is 0. The summed E-state index contributed by atoms with van der Waals surface area (Å²) in [5.41, 5.74) is 2.32. The molecule has 0 unspecified atom stereocenters. The Labute approximate surface area is 169 Å². The second-order valence-corrected chi connectivity index (χ2v) is 6.95. The Balaban J connectivity index is 1.42. The minimum atomic E-state index is -0.0901. The van der Waals surface area contributed by atoms with Crippen LogP contribution >= 0.6 is 0 Å². The Hall–Kier alpha value is -3.74. The van der Waals surface area contributed by atoms with Crippen LogP contribution < -0.4 is 4.90 Å². The quantitative estimate of drug-likeness (QED) is 0.550. The van der Waals surface area contributed by atoms with Crippen molar-refractivity contribution in [2.24, 2.45) is 0 Å². The number of aromatic nitrogens is 4. The van der Waals surface area contributed by atoms with Gasteiger partial charge in [-0.1, -0.05) is 24.3 Å². The number of nitrogens with zero attached hydrogens (tertiary/aromatic N) is 5. The van der Waals surface area contributed by atoms with Crippen LogP contribution in [0.3, 0.4) is 0 Å². The number of fused-ring (bicyclic) bond motifs is 1. The van der Waals surface area contributed by atoms with E-state index in [2.05, 4.69) is 19.9 Å². The van der Waals surface area contributed by atoms with Crippen molar-refractivity contribution in [1.82, 2.24) is 24.8 Å². The van der Waals surface area contributed by atoms with Gasteiger partial charge in [-0.15, -0.1) is 0 Å². The second-order valence-electron chi connectivity index (χ2n) is 6.95. The summed E-state index contributed by atoms with van der Waals surface area (Å²) in [7, 11) is 3.71. The first-order chi connectivity index (χ1) is 14.1. The van der Waals surface area contributed by atoms with Crippen LogP contribution in [0.5, 0.6) is 0 Å². The van der Waals surface area contributed by atoms with Crippen LogP contribution in [0, 0.1) is 0 Å².